The second-order valence-corrected chi connectivity index (χ2v) is 4.47. The lowest BCUT2D eigenvalue weighted by atomic mass is 9.97. The quantitative estimate of drug-likeness (QED) is 0.917. The molecule has 0 aromatic heterocycles. The Morgan fingerprint density at radius 1 is 1.00 bits per heavy atom. The van der Waals surface area contributed by atoms with Crippen LogP contribution in [0.1, 0.15) is 17.2 Å². The molecule has 0 amide bonds. The summed E-state index contributed by atoms with van der Waals surface area (Å²) in [5.74, 6) is -0.149. The molecule has 0 radical (unpaired) electrons. The van der Waals surface area contributed by atoms with Crippen LogP contribution in [0.4, 0.5) is 8.78 Å². The average molecular weight is 293 g/mol. The number of para-hydroxylation sites is 1. The lowest BCUT2D eigenvalue weighted by molar-refractivity contribution is 0.349. The van der Waals surface area contributed by atoms with Crippen molar-refractivity contribution in [2.75, 3.05) is 21.3 Å². The van der Waals surface area contributed by atoms with E-state index in [9.17, 15) is 8.78 Å². The van der Waals surface area contributed by atoms with Gasteiger partial charge in [-0.15, -0.1) is 0 Å². The Hall–Kier alpha value is -2.14. The van der Waals surface area contributed by atoms with E-state index in [-0.39, 0.29) is 0 Å². The van der Waals surface area contributed by atoms with E-state index in [4.69, 9.17) is 9.47 Å². The highest BCUT2D eigenvalue weighted by Gasteiger charge is 2.22. The van der Waals surface area contributed by atoms with Crippen molar-refractivity contribution in [3.63, 3.8) is 0 Å². The molecule has 2 aromatic rings. The second kappa shape index (κ2) is 6.54. The van der Waals surface area contributed by atoms with Gasteiger partial charge in [0, 0.05) is 17.2 Å². The minimum atomic E-state index is -0.612. The predicted molar refractivity (Wildman–Crippen MR) is 76.8 cm³/mol. The van der Waals surface area contributed by atoms with Gasteiger partial charge in [-0.25, -0.2) is 8.78 Å². The molecule has 0 bridgehead atoms. The normalized spacial score (nSPS) is 12.0. The maximum Gasteiger partial charge on any atom is 0.165 e. The fourth-order valence-corrected chi connectivity index (χ4v) is 2.35. The average Bonchev–Trinajstić information content (AvgIpc) is 2.49. The Morgan fingerprint density at radius 2 is 1.76 bits per heavy atom. The highest BCUT2D eigenvalue weighted by Crippen LogP contribution is 2.37. The summed E-state index contributed by atoms with van der Waals surface area (Å²) in [6, 6.07) is 8.41. The maximum absolute atomic E-state index is 14.0. The molecule has 0 aliphatic heterocycles. The van der Waals surface area contributed by atoms with Crippen LogP contribution in [-0.4, -0.2) is 21.3 Å². The van der Waals surface area contributed by atoms with Crippen molar-refractivity contribution in [2.24, 2.45) is 0 Å². The van der Waals surface area contributed by atoms with Crippen LogP contribution in [0, 0.1) is 11.6 Å². The number of benzene rings is 2. The molecule has 3 nitrogen and oxygen atoms in total. The minimum absolute atomic E-state index is 0.338. The molecule has 2 aromatic carbocycles. The largest absolute Gasteiger partial charge is 0.493 e. The van der Waals surface area contributed by atoms with Crippen molar-refractivity contribution >= 4 is 0 Å². The van der Waals surface area contributed by atoms with Crippen LogP contribution in [0.15, 0.2) is 36.4 Å². The zero-order chi connectivity index (χ0) is 15.4. The summed E-state index contributed by atoms with van der Waals surface area (Å²) in [7, 11) is 4.76. The molecular weight excluding hydrogens is 276 g/mol. The fourth-order valence-electron chi connectivity index (χ4n) is 2.35. The van der Waals surface area contributed by atoms with E-state index in [1.165, 1.54) is 26.4 Å². The highest BCUT2D eigenvalue weighted by molar-refractivity contribution is 5.50. The van der Waals surface area contributed by atoms with Gasteiger partial charge in [-0.1, -0.05) is 18.2 Å². The fraction of sp³-hybridized carbons (Fsp3) is 0.250. The minimum Gasteiger partial charge on any atom is -0.493 e. The van der Waals surface area contributed by atoms with Crippen molar-refractivity contribution in [3.8, 4) is 11.5 Å². The summed E-state index contributed by atoms with van der Waals surface area (Å²) in [5, 5.41) is 3.02. The van der Waals surface area contributed by atoms with E-state index >= 15 is 0 Å². The number of methoxy groups -OCH3 is 2. The van der Waals surface area contributed by atoms with E-state index in [2.05, 4.69) is 5.32 Å². The van der Waals surface area contributed by atoms with E-state index in [0.29, 0.717) is 22.6 Å². The molecule has 5 heteroatoms. The predicted octanol–water partition coefficient (Wildman–Crippen LogP) is 3.29. The number of nitrogens with one attached hydrogen (secondary N) is 1. The van der Waals surface area contributed by atoms with Crippen LogP contribution in [0.25, 0.3) is 0 Å². The molecule has 0 aliphatic carbocycles. The summed E-state index contributed by atoms with van der Waals surface area (Å²) in [5.41, 5.74) is 1.05. The van der Waals surface area contributed by atoms with Crippen LogP contribution < -0.4 is 14.8 Å². The number of ether oxygens (including phenoxy) is 2. The van der Waals surface area contributed by atoms with Crippen LogP contribution in [0.5, 0.6) is 11.5 Å². The van der Waals surface area contributed by atoms with E-state index in [0.717, 1.165) is 6.07 Å². The van der Waals surface area contributed by atoms with Crippen LogP contribution in [0.2, 0.25) is 0 Å². The Kier molecular flexibility index (Phi) is 4.75. The van der Waals surface area contributed by atoms with Crippen LogP contribution >= 0.6 is 0 Å². The molecule has 0 heterocycles. The van der Waals surface area contributed by atoms with Crippen molar-refractivity contribution in [2.45, 2.75) is 6.04 Å². The topological polar surface area (TPSA) is 30.5 Å². The molecule has 21 heavy (non-hydrogen) atoms. The summed E-state index contributed by atoms with van der Waals surface area (Å²) < 4.78 is 37.7. The van der Waals surface area contributed by atoms with Crippen molar-refractivity contribution in [1.29, 1.82) is 0 Å². The van der Waals surface area contributed by atoms with Gasteiger partial charge in [0.1, 0.15) is 11.6 Å². The van der Waals surface area contributed by atoms with Crippen LogP contribution in [-0.2, 0) is 0 Å². The zero-order valence-corrected chi connectivity index (χ0v) is 12.1. The van der Waals surface area contributed by atoms with Gasteiger partial charge in [0.15, 0.2) is 11.5 Å². The molecular formula is C16H17F2NO2. The maximum atomic E-state index is 14.0. The Balaban J connectivity index is 2.56. The number of hydrogen-bond donors (Lipinski definition) is 1. The highest BCUT2D eigenvalue weighted by atomic mass is 19.1. The molecule has 1 N–H and O–H groups in total. The van der Waals surface area contributed by atoms with E-state index in [1.807, 2.05) is 6.07 Å². The smallest absolute Gasteiger partial charge is 0.165 e. The van der Waals surface area contributed by atoms with Crippen LogP contribution in [0.3, 0.4) is 0 Å². The van der Waals surface area contributed by atoms with Gasteiger partial charge in [0.25, 0.3) is 0 Å². The zero-order valence-electron chi connectivity index (χ0n) is 12.1. The monoisotopic (exact) mass is 293 g/mol. The first kappa shape index (κ1) is 15.3. The van der Waals surface area contributed by atoms with E-state index < -0.39 is 17.7 Å². The first-order valence-electron chi connectivity index (χ1n) is 6.45. The summed E-state index contributed by atoms with van der Waals surface area (Å²) in [6.07, 6.45) is 0. The van der Waals surface area contributed by atoms with Gasteiger partial charge < -0.3 is 14.8 Å². The molecule has 112 valence electrons. The summed E-state index contributed by atoms with van der Waals surface area (Å²) in [6.45, 7) is 0. The van der Waals surface area contributed by atoms with Gasteiger partial charge in [0.2, 0.25) is 0 Å². The van der Waals surface area contributed by atoms with Gasteiger partial charge in [-0.2, -0.15) is 0 Å². The number of rotatable bonds is 5. The standard InChI is InChI=1S/C16H17F2NO2/c1-19-15(11-8-7-10(17)9-13(11)18)12-5-4-6-14(20-2)16(12)21-3/h4-9,15,19H,1-3H3. The summed E-state index contributed by atoms with van der Waals surface area (Å²) >= 11 is 0. The van der Waals surface area contributed by atoms with Crippen molar-refractivity contribution in [1.82, 2.24) is 5.32 Å². The second-order valence-electron chi connectivity index (χ2n) is 4.47. The third kappa shape index (κ3) is 2.97. The van der Waals surface area contributed by atoms with Crippen molar-refractivity contribution in [3.05, 3.63) is 59.2 Å². The Bertz CT molecular complexity index is 632. The molecule has 0 saturated carbocycles. The Labute approximate surface area is 122 Å². The Morgan fingerprint density at radius 3 is 2.33 bits per heavy atom. The molecule has 2 rings (SSSR count). The first-order valence-corrected chi connectivity index (χ1v) is 6.45. The van der Waals surface area contributed by atoms with Gasteiger partial charge in [-0.05, 0) is 19.2 Å². The first-order chi connectivity index (χ1) is 10.1. The molecule has 1 atom stereocenters. The lowest BCUT2D eigenvalue weighted by Gasteiger charge is -2.21. The molecule has 0 aliphatic rings. The van der Waals surface area contributed by atoms with E-state index in [1.54, 1.807) is 19.2 Å². The summed E-state index contributed by atoms with van der Waals surface area (Å²) in [4.78, 5) is 0. The van der Waals surface area contributed by atoms with Gasteiger partial charge in [0.05, 0.1) is 20.3 Å². The molecule has 1 unspecified atom stereocenters. The molecule has 0 saturated heterocycles. The lowest BCUT2D eigenvalue weighted by Crippen LogP contribution is -2.20. The van der Waals surface area contributed by atoms with Crippen molar-refractivity contribution < 1.29 is 18.3 Å². The van der Waals surface area contributed by atoms with Gasteiger partial charge >= 0.3 is 0 Å². The van der Waals surface area contributed by atoms with Gasteiger partial charge in [-0.3, -0.25) is 0 Å². The molecule has 0 fully saturated rings. The molecule has 0 spiro atoms. The number of hydrogen-bond acceptors (Lipinski definition) is 3. The SMILES string of the molecule is CNC(c1ccc(F)cc1F)c1cccc(OC)c1OC. The number of halogens is 2. The third-order valence-corrected chi connectivity index (χ3v) is 3.31. The third-order valence-electron chi connectivity index (χ3n) is 3.31.